The number of aromatic nitrogens is 3. The number of ether oxygens (including phenoxy) is 1. The molecule has 0 saturated heterocycles. The van der Waals surface area contributed by atoms with E-state index >= 15 is 0 Å². The first-order valence-corrected chi connectivity index (χ1v) is 11.7. The zero-order chi connectivity index (χ0) is 25.2. The molecule has 1 atom stereocenters. The SMILES string of the molecule is CCc1ccc(-n2cc(-c3ccc4[nH]cc(NC(=O)C(C)NC(=O)OC(C)(C)C)c4c3)cn2)cc1. The van der Waals surface area contributed by atoms with Gasteiger partial charge in [-0.1, -0.05) is 25.1 Å². The standard InChI is InChI=1S/C27H31N5O3/c1-6-18-7-10-21(11-8-18)32-16-20(14-29-32)19-9-12-23-22(13-19)24(15-28-23)31-25(33)17(2)30-26(34)35-27(3,4)5/h7-17,28H,6H2,1-5H3,(H,30,34)(H,31,33). The van der Waals surface area contributed by atoms with E-state index in [-0.39, 0.29) is 5.91 Å². The van der Waals surface area contributed by atoms with Gasteiger partial charge in [0.15, 0.2) is 0 Å². The van der Waals surface area contributed by atoms with Crippen LogP contribution < -0.4 is 10.6 Å². The molecule has 3 N–H and O–H groups in total. The van der Waals surface area contributed by atoms with Crippen molar-refractivity contribution in [3.05, 3.63) is 66.6 Å². The number of aromatic amines is 1. The van der Waals surface area contributed by atoms with E-state index in [0.717, 1.165) is 34.1 Å². The van der Waals surface area contributed by atoms with Crippen LogP contribution in [0.15, 0.2) is 61.1 Å². The van der Waals surface area contributed by atoms with Crippen molar-refractivity contribution < 1.29 is 14.3 Å². The highest BCUT2D eigenvalue weighted by molar-refractivity contribution is 6.05. The Labute approximate surface area is 204 Å². The molecule has 2 amide bonds. The molecule has 0 aliphatic carbocycles. The summed E-state index contributed by atoms with van der Waals surface area (Å²) in [5, 5.41) is 10.8. The van der Waals surface area contributed by atoms with Gasteiger partial charge in [-0.15, -0.1) is 0 Å². The first-order valence-electron chi connectivity index (χ1n) is 11.7. The van der Waals surface area contributed by atoms with Gasteiger partial charge in [-0.25, -0.2) is 9.48 Å². The number of H-pyrrole nitrogens is 1. The minimum atomic E-state index is -0.768. The Morgan fingerprint density at radius 2 is 1.86 bits per heavy atom. The van der Waals surface area contributed by atoms with Gasteiger partial charge in [-0.3, -0.25) is 4.79 Å². The number of nitrogens with one attached hydrogen (secondary N) is 3. The summed E-state index contributed by atoms with van der Waals surface area (Å²) in [5.41, 5.74) is 5.10. The number of alkyl carbamates (subject to hydrolysis) is 1. The van der Waals surface area contributed by atoms with E-state index in [0.29, 0.717) is 5.69 Å². The molecule has 2 aromatic heterocycles. The zero-order valence-corrected chi connectivity index (χ0v) is 20.7. The first kappa shape index (κ1) is 24.1. The van der Waals surface area contributed by atoms with Crippen molar-refractivity contribution in [1.82, 2.24) is 20.1 Å². The summed E-state index contributed by atoms with van der Waals surface area (Å²) in [4.78, 5) is 27.9. The lowest BCUT2D eigenvalue weighted by molar-refractivity contribution is -0.117. The van der Waals surface area contributed by atoms with Gasteiger partial charge in [0.2, 0.25) is 5.91 Å². The number of carbonyl (C=O) groups excluding carboxylic acids is 2. The first-order chi connectivity index (χ1) is 16.6. The molecule has 2 heterocycles. The highest BCUT2D eigenvalue weighted by Crippen LogP contribution is 2.29. The fourth-order valence-corrected chi connectivity index (χ4v) is 3.69. The Bertz CT molecular complexity index is 1350. The van der Waals surface area contributed by atoms with Crippen LogP contribution in [0.4, 0.5) is 10.5 Å². The van der Waals surface area contributed by atoms with Gasteiger partial charge in [0.05, 0.1) is 17.6 Å². The lowest BCUT2D eigenvalue weighted by Crippen LogP contribution is -2.43. The average molecular weight is 474 g/mol. The minimum absolute atomic E-state index is 0.342. The molecule has 0 bridgehead atoms. The molecule has 0 aliphatic rings. The van der Waals surface area contributed by atoms with Gasteiger partial charge in [0, 0.05) is 28.9 Å². The van der Waals surface area contributed by atoms with Crippen LogP contribution >= 0.6 is 0 Å². The fraction of sp³-hybridized carbons (Fsp3) is 0.296. The molecule has 182 valence electrons. The van der Waals surface area contributed by atoms with E-state index in [1.807, 2.05) is 35.3 Å². The van der Waals surface area contributed by atoms with Crippen molar-refractivity contribution in [2.75, 3.05) is 5.32 Å². The molecule has 4 aromatic rings. The van der Waals surface area contributed by atoms with Crippen molar-refractivity contribution in [1.29, 1.82) is 0 Å². The number of hydrogen-bond donors (Lipinski definition) is 3. The topological polar surface area (TPSA) is 101 Å². The third-order valence-corrected chi connectivity index (χ3v) is 5.59. The largest absolute Gasteiger partial charge is 0.444 e. The Balaban J connectivity index is 1.50. The fourth-order valence-electron chi connectivity index (χ4n) is 3.69. The maximum absolute atomic E-state index is 12.7. The van der Waals surface area contributed by atoms with E-state index < -0.39 is 17.7 Å². The average Bonchev–Trinajstić information content (AvgIpc) is 3.45. The second kappa shape index (κ2) is 9.66. The van der Waals surface area contributed by atoms with Gasteiger partial charge in [-0.2, -0.15) is 5.10 Å². The molecular weight excluding hydrogens is 442 g/mol. The number of nitrogens with zero attached hydrogens (tertiary/aromatic N) is 2. The third kappa shape index (κ3) is 5.71. The van der Waals surface area contributed by atoms with E-state index in [1.165, 1.54) is 5.56 Å². The van der Waals surface area contributed by atoms with Crippen molar-refractivity contribution in [3.63, 3.8) is 0 Å². The molecule has 0 fully saturated rings. The van der Waals surface area contributed by atoms with Gasteiger partial charge in [0.25, 0.3) is 0 Å². The number of anilines is 1. The Hall–Kier alpha value is -4.07. The number of benzene rings is 2. The van der Waals surface area contributed by atoms with Gasteiger partial charge >= 0.3 is 6.09 Å². The van der Waals surface area contributed by atoms with Crippen LogP contribution in [0, 0.1) is 0 Å². The highest BCUT2D eigenvalue weighted by atomic mass is 16.6. The van der Waals surface area contributed by atoms with Crippen molar-refractivity contribution >= 4 is 28.6 Å². The molecule has 8 heteroatoms. The van der Waals surface area contributed by atoms with Crippen LogP contribution in [0.25, 0.3) is 27.7 Å². The normalized spacial score (nSPS) is 12.4. The Morgan fingerprint density at radius 1 is 1.11 bits per heavy atom. The second-order valence-corrected chi connectivity index (χ2v) is 9.51. The molecule has 8 nitrogen and oxygen atoms in total. The van der Waals surface area contributed by atoms with Crippen LogP contribution in [0.5, 0.6) is 0 Å². The summed E-state index contributed by atoms with van der Waals surface area (Å²) in [6, 6.07) is 13.6. The van der Waals surface area contributed by atoms with Crippen LogP contribution in [0.2, 0.25) is 0 Å². The summed E-state index contributed by atoms with van der Waals surface area (Å²) < 4.78 is 7.08. The molecule has 0 aliphatic heterocycles. The summed E-state index contributed by atoms with van der Waals surface area (Å²) >= 11 is 0. The molecular formula is C27H31N5O3. The smallest absolute Gasteiger partial charge is 0.408 e. The maximum atomic E-state index is 12.7. The predicted octanol–water partition coefficient (Wildman–Crippen LogP) is 5.43. The predicted molar refractivity (Wildman–Crippen MR) is 138 cm³/mol. The van der Waals surface area contributed by atoms with E-state index in [9.17, 15) is 9.59 Å². The Morgan fingerprint density at radius 3 is 2.54 bits per heavy atom. The number of aryl methyl sites for hydroxylation is 1. The van der Waals surface area contributed by atoms with Crippen molar-refractivity contribution in [3.8, 4) is 16.8 Å². The molecule has 0 spiro atoms. The van der Waals surface area contributed by atoms with Crippen LogP contribution in [0.1, 0.15) is 40.2 Å². The maximum Gasteiger partial charge on any atom is 0.408 e. The number of amides is 2. The number of rotatable bonds is 6. The molecule has 2 aromatic carbocycles. The number of carbonyl (C=O) groups is 2. The summed E-state index contributed by atoms with van der Waals surface area (Å²) in [6.45, 7) is 9.06. The number of hydrogen-bond acceptors (Lipinski definition) is 4. The quantitative estimate of drug-likeness (QED) is 0.347. The monoisotopic (exact) mass is 473 g/mol. The highest BCUT2D eigenvalue weighted by Gasteiger charge is 2.21. The summed E-state index contributed by atoms with van der Waals surface area (Å²) in [7, 11) is 0. The summed E-state index contributed by atoms with van der Waals surface area (Å²) in [6.07, 6.45) is 5.91. The van der Waals surface area contributed by atoms with Gasteiger partial charge < -0.3 is 20.4 Å². The summed E-state index contributed by atoms with van der Waals surface area (Å²) in [5.74, 6) is -0.342. The zero-order valence-electron chi connectivity index (χ0n) is 20.7. The minimum Gasteiger partial charge on any atom is -0.444 e. The molecule has 1 unspecified atom stereocenters. The third-order valence-electron chi connectivity index (χ3n) is 5.59. The van der Waals surface area contributed by atoms with Gasteiger partial charge in [-0.05, 0) is 69.5 Å². The van der Waals surface area contributed by atoms with Crippen LogP contribution in [-0.2, 0) is 16.0 Å². The van der Waals surface area contributed by atoms with Gasteiger partial charge in [0.1, 0.15) is 11.6 Å². The van der Waals surface area contributed by atoms with E-state index in [4.69, 9.17) is 4.74 Å². The van der Waals surface area contributed by atoms with E-state index in [1.54, 1.807) is 33.9 Å². The lowest BCUT2D eigenvalue weighted by Gasteiger charge is -2.21. The molecule has 0 radical (unpaired) electrons. The molecule has 4 rings (SSSR count). The van der Waals surface area contributed by atoms with Crippen molar-refractivity contribution in [2.45, 2.75) is 52.7 Å². The lowest BCUT2D eigenvalue weighted by atomic mass is 10.1. The van der Waals surface area contributed by atoms with E-state index in [2.05, 4.69) is 51.9 Å². The number of fused-ring (bicyclic) bond motifs is 1. The van der Waals surface area contributed by atoms with Crippen molar-refractivity contribution in [2.24, 2.45) is 0 Å². The molecule has 35 heavy (non-hydrogen) atoms. The molecule has 0 saturated carbocycles. The second-order valence-electron chi connectivity index (χ2n) is 9.51. The Kier molecular flexibility index (Phi) is 6.64. The van der Waals surface area contributed by atoms with Crippen LogP contribution in [0.3, 0.4) is 0 Å². The van der Waals surface area contributed by atoms with Crippen LogP contribution in [-0.4, -0.2) is 38.4 Å².